The molecule has 7 aromatic carbocycles. The molecule has 238 valence electrons. The van der Waals surface area contributed by atoms with Crippen molar-refractivity contribution in [2.45, 2.75) is 12.3 Å². The minimum atomic E-state index is -0.648. The van der Waals surface area contributed by atoms with Gasteiger partial charge in [0.1, 0.15) is 11.2 Å². The number of nitrogens with zero attached hydrogens (tertiary/aromatic N) is 1. The van der Waals surface area contributed by atoms with Crippen molar-refractivity contribution in [3.8, 4) is 0 Å². The fraction of sp³-hybridized carbons (Fsp3) is 0.0417. The number of anilines is 2. The van der Waals surface area contributed by atoms with Crippen LogP contribution in [0.15, 0.2) is 204 Å². The molecule has 1 aliphatic rings. The van der Waals surface area contributed by atoms with E-state index in [9.17, 15) is 0 Å². The Morgan fingerprint density at radius 1 is 0.520 bits per heavy atom. The summed E-state index contributed by atoms with van der Waals surface area (Å²) in [4.78, 5) is 2.39. The molecule has 0 radical (unpaired) electrons. The van der Waals surface area contributed by atoms with Crippen LogP contribution in [0.25, 0.3) is 38.3 Å². The zero-order chi connectivity index (χ0) is 33.5. The van der Waals surface area contributed by atoms with E-state index in [1.807, 2.05) is 6.07 Å². The number of fused-ring (bicyclic) bond motifs is 6. The van der Waals surface area contributed by atoms with E-state index < -0.39 is 5.41 Å². The quantitative estimate of drug-likeness (QED) is 0.186. The van der Waals surface area contributed by atoms with Gasteiger partial charge in [-0.05, 0) is 71.0 Å². The number of rotatable bonds is 5. The molecular weight excluding hydrogens is 607 g/mol. The lowest BCUT2D eigenvalue weighted by Gasteiger charge is -2.35. The monoisotopic (exact) mass is 641 g/mol. The number of furan rings is 1. The van der Waals surface area contributed by atoms with Gasteiger partial charge in [-0.3, -0.25) is 0 Å². The van der Waals surface area contributed by atoms with E-state index >= 15 is 0 Å². The Bertz CT molecular complexity index is 2550. The van der Waals surface area contributed by atoms with Crippen LogP contribution >= 0.6 is 0 Å². The van der Waals surface area contributed by atoms with E-state index in [4.69, 9.17) is 4.42 Å². The Labute approximate surface area is 292 Å². The van der Waals surface area contributed by atoms with Gasteiger partial charge in [-0.1, -0.05) is 158 Å². The van der Waals surface area contributed by atoms with Crippen molar-refractivity contribution in [3.63, 3.8) is 0 Å². The highest BCUT2D eigenvalue weighted by atomic mass is 16.3. The third kappa shape index (κ3) is 4.80. The molecule has 0 amide bonds. The Morgan fingerprint density at radius 2 is 1.14 bits per heavy atom. The summed E-state index contributed by atoms with van der Waals surface area (Å²) in [6.45, 7) is 2.22. The van der Waals surface area contributed by atoms with E-state index in [-0.39, 0.29) is 0 Å². The van der Waals surface area contributed by atoms with E-state index in [1.165, 1.54) is 27.5 Å². The van der Waals surface area contributed by atoms with Crippen LogP contribution in [0.1, 0.15) is 29.2 Å². The molecule has 0 spiro atoms. The molecule has 50 heavy (non-hydrogen) atoms. The van der Waals surface area contributed by atoms with Gasteiger partial charge in [0.25, 0.3) is 0 Å². The van der Waals surface area contributed by atoms with Gasteiger partial charge in [-0.2, -0.15) is 0 Å². The molecule has 0 aliphatic heterocycles. The number of allylic oxidation sites excluding steroid dienone is 5. The lowest BCUT2D eigenvalue weighted by molar-refractivity contribution is 0.664. The molecule has 0 saturated carbocycles. The highest BCUT2D eigenvalue weighted by molar-refractivity contribution is 6.09. The molecule has 2 nitrogen and oxygen atoms in total. The van der Waals surface area contributed by atoms with Crippen LogP contribution in [0.5, 0.6) is 0 Å². The molecule has 8 aromatic rings. The summed E-state index contributed by atoms with van der Waals surface area (Å²) in [5.74, 6) is 0. The number of hydrogen-bond donors (Lipinski definition) is 0. The average Bonchev–Trinajstić information content (AvgIpc) is 3.58. The van der Waals surface area contributed by atoms with Crippen molar-refractivity contribution in [2.24, 2.45) is 0 Å². The lowest BCUT2D eigenvalue weighted by Crippen LogP contribution is -2.28. The first-order valence-electron chi connectivity index (χ1n) is 17.2. The minimum Gasteiger partial charge on any atom is -0.455 e. The van der Waals surface area contributed by atoms with Crippen molar-refractivity contribution in [1.82, 2.24) is 0 Å². The summed E-state index contributed by atoms with van der Waals surface area (Å²) in [6.07, 6.45) is 9.25. The van der Waals surface area contributed by atoms with Crippen LogP contribution in [0.4, 0.5) is 11.4 Å². The van der Waals surface area contributed by atoms with Crippen molar-refractivity contribution < 1.29 is 4.42 Å². The van der Waals surface area contributed by atoms with E-state index in [0.717, 1.165) is 50.1 Å². The largest absolute Gasteiger partial charge is 0.455 e. The lowest BCUT2D eigenvalue weighted by atomic mass is 9.67. The Balaban J connectivity index is 1.40. The molecule has 1 aromatic heterocycles. The maximum atomic E-state index is 6.79. The third-order valence-electron chi connectivity index (χ3n) is 10.1. The average molecular weight is 642 g/mol. The van der Waals surface area contributed by atoms with Gasteiger partial charge in [-0.15, -0.1) is 0 Å². The summed E-state index contributed by atoms with van der Waals surface area (Å²) >= 11 is 0. The van der Waals surface area contributed by atoms with E-state index in [1.54, 1.807) is 0 Å². The zero-order valence-corrected chi connectivity index (χ0v) is 27.8. The predicted molar refractivity (Wildman–Crippen MR) is 210 cm³/mol. The molecule has 0 bridgehead atoms. The highest BCUT2D eigenvalue weighted by Gasteiger charge is 2.38. The summed E-state index contributed by atoms with van der Waals surface area (Å²) in [6, 6.07) is 60.6. The summed E-state index contributed by atoms with van der Waals surface area (Å²) in [5.41, 5.74) is 10.2. The fourth-order valence-electron chi connectivity index (χ4n) is 7.79. The van der Waals surface area contributed by atoms with Crippen LogP contribution in [0, 0.1) is 0 Å². The van der Waals surface area contributed by atoms with Crippen molar-refractivity contribution >= 4 is 49.7 Å². The van der Waals surface area contributed by atoms with E-state index in [0.29, 0.717) is 0 Å². The Kier molecular flexibility index (Phi) is 7.29. The first-order chi connectivity index (χ1) is 24.7. The standard InChI is InChI=1S/C48H35NO/c1-34-28-29-39(49(38-22-9-4-10-23-38)44-26-15-17-35-16-11-12-24-40(35)44)32-33-48(36-18-5-2-6-19-36,37-20-7-3-8-21-37)43-31-30-42-41-25-13-14-27-45(41)50-47(42)46(34)43/h2-33H,1H3/b33-32+,34-28+,39-29+. The molecule has 0 fully saturated rings. The number of benzene rings is 7. The Hall–Kier alpha value is -6.38. The molecular formula is C48H35NO. The second-order valence-electron chi connectivity index (χ2n) is 12.9. The summed E-state index contributed by atoms with van der Waals surface area (Å²) in [5, 5.41) is 4.64. The first kappa shape index (κ1) is 29.7. The number of hydrogen-bond acceptors (Lipinski definition) is 2. The molecule has 0 N–H and O–H groups in total. The molecule has 0 saturated heterocycles. The zero-order valence-electron chi connectivity index (χ0n) is 27.8. The van der Waals surface area contributed by atoms with Crippen molar-refractivity contribution in [1.29, 1.82) is 0 Å². The van der Waals surface area contributed by atoms with Crippen LogP contribution in [-0.2, 0) is 5.41 Å². The smallest absolute Gasteiger partial charge is 0.143 e. The molecule has 0 atom stereocenters. The normalized spacial score (nSPS) is 16.7. The maximum absolute atomic E-state index is 6.79. The van der Waals surface area contributed by atoms with Crippen molar-refractivity contribution in [3.05, 3.63) is 222 Å². The Morgan fingerprint density at radius 3 is 1.88 bits per heavy atom. The second-order valence-corrected chi connectivity index (χ2v) is 12.9. The maximum Gasteiger partial charge on any atom is 0.143 e. The number of para-hydroxylation sites is 2. The van der Waals surface area contributed by atoms with Crippen LogP contribution in [0.3, 0.4) is 0 Å². The van der Waals surface area contributed by atoms with Gasteiger partial charge in [0, 0.05) is 33.1 Å². The molecule has 1 aliphatic carbocycles. The van der Waals surface area contributed by atoms with Gasteiger partial charge < -0.3 is 9.32 Å². The predicted octanol–water partition coefficient (Wildman–Crippen LogP) is 12.8. The molecule has 0 unspecified atom stereocenters. The SMILES string of the molecule is C\C1=C/C=C(N(c2ccccc2)c2cccc3ccccc23)\C=C\C(c2ccccc2)(c2ccccc2)c2ccc3c(oc4ccccc43)c21. The van der Waals surface area contributed by atoms with Gasteiger partial charge in [0.2, 0.25) is 0 Å². The van der Waals surface area contributed by atoms with Crippen LogP contribution in [-0.4, -0.2) is 0 Å². The summed E-state index contributed by atoms with van der Waals surface area (Å²) in [7, 11) is 0. The molecule has 1 heterocycles. The van der Waals surface area contributed by atoms with Gasteiger partial charge in [0.05, 0.1) is 11.1 Å². The molecule has 9 rings (SSSR count). The van der Waals surface area contributed by atoms with E-state index in [2.05, 4.69) is 200 Å². The van der Waals surface area contributed by atoms with Crippen molar-refractivity contribution in [2.75, 3.05) is 4.90 Å². The minimum absolute atomic E-state index is 0.648. The summed E-state index contributed by atoms with van der Waals surface area (Å²) < 4.78 is 6.79. The van der Waals surface area contributed by atoms with Crippen LogP contribution in [0.2, 0.25) is 0 Å². The topological polar surface area (TPSA) is 16.4 Å². The van der Waals surface area contributed by atoms with Crippen LogP contribution < -0.4 is 4.90 Å². The van der Waals surface area contributed by atoms with Gasteiger partial charge in [-0.25, -0.2) is 0 Å². The molecule has 2 heteroatoms. The highest BCUT2D eigenvalue weighted by Crippen LogP contribution is 2.48. The second kappa shape index (κ2) is 12.3. The van der Waals surface area contributed by atoms with Gasteiger partial charge in [0.15, 0.2) is 0 Å². The van der Waals surface area contributed by atoms with Gasteiger partial charge >= 0.3 is 0 Å². The third-order valence-corrected chi connectivity index (χ3v) is 10.1. The fourth-order valence-corrected chi connectivity index (χ4v) is 7.79. The first-order valence-corrected chi connectivity index (χ1v) is 17.2.